The number of benzene rings is 1. The predicted molar refractivity (Wildman–Crippen MR) is 83.2 cm³/mol. The molecule has 108 valence electrons. The average molecular weight is 272 g/mol. The van der Waals surface area contributed by atoms with Crippen molar-refractivity contribution in [1.82, 2.24) is 0 Å². The Hall–Kier alpha value is -1.83. The number of esters is 1. The number of hydrogen-bond acceptors (Lipinski definition) is 2. The van der Waals surface area contributed by atoms with E-state index in [1.807, 2.05) is 36.4 Å². The summed E-state index contributed by atoms with van der Waals surface area (Å²) in [5.74, 6) is 0.453. The molecule has 20 heavy (non-hydrogen) atoms. The molecule has 1 rings (SSSR count). The van der Waals surface area contributed by atoms with Gasteiger partial charge in [-0.25, -0.2) is 0 Å². The van der Waals surface area contributed by atoms with Crippen LogP contribution in [0.1, 0.15) is 39.2 Å². The number of hydrogen-bond donors (Lipinski definition) is 0. The average Bonchev–Trinajstić information content (AvgIpc) is 2.42. The second-order valence-corrected chi connectivity index (χ2v) is 5.41. The van der Waals surface area contributed by atoms with Crippen molar-refractivity contribution >= 4 is 5.97 Å². The van der Waals surface area contributed by atoms with E-state index < -0.39 is 0 Å². The molecule has 0 bridgehead atoms. The summed E-state index contributed by atoms with van der Waals surface area (Å²) in [7, 11) is 0. The molecule has 0 N–H and O–H groups in total. The van der Waals surface area contributed by atoms with Crippen LogP contribution in [0.3, 0.4) is 0 Å². The fourth-order valence-corrected chi connectivity index (χ4v) is 1.68. The van der Waals surface area contributed by atoms with E-state index in [-0.39, 0.29) is 5.97 Å². The SMILES string of the molecule is C/C(=C\CC(C)C)C/C=C/OC(=O)Cc1ccccc1. The maximum Gasteiger partial charge on any atom is 0.315 e. The molecule has 1 aromatic carbocycles. The van der Waals surface area contributed by atoms with E-state index in [1.165, 1.54) is 11.8 Å². The topological polar surface area (TPSA) is 26.3 Å². The fourth-order valence-electron chi connectivity index (χ4n) is 1.68. The van der Waals surface area contributed by atoms with Crippen molar-refractivity contribution in [2.75, 3.05) is 0 Å². The molecule has 2 nitrogen and oxygen atoms in total. The van der Waals surface area contributed by atoms with Gasteiger partial charge in [0.05, 0.1) is 12.7 Å². The molecule has 0 aliphatic rings. The fraction of sp³-hybridized carbons (Fsp3) is 0.389. The van der Waals surface area contributed by atoms with Gasteiger partial charge in [-0.3, -0.25) is 4.79 Å². The van der Waals surface area contributed by atoms with Crippen LogP contribution in [0, 0.1) is 5.92 Å². The molecule has 0 atom stereocenters. The van der Waals surface area contributed by atoms with Crippen molar-refractivity contribution < 1.29 is 9.53 Å². The van der Waals surface area contributed by atoms with Gasteiger partial charge in [-0.05, 0) is 37.3 Å². The second kappa shape index (κ2) is 9.13. The highest BCUT2D eigenvalue weighted by molar-refractivity contribution is 5.73. The molecule has 1 aromatic rings. The molecule has 0 heterocycles. The number of allylic oxidation sites excluding steroid dienone is 3. The Kier molecular flexibility index (Phi) is 7.41. The maximum absolute atomic E-state index is 11.6. The molecule has 0 unspecified atom stereocenters. The van der Waals surface area contributed by atoms with Gasteiger partial charge in [0.25, 0.3) is 0 Å². The molecule has 0 spiro atoms. The molecule has 0 amide bonds. The van der Waals surface area contributed by atoms with Crippen LogP contribution in [0.2, 0.25) is 0 Å². The Morgan fingerprint density at radius 1 is 1.25 bits per heavy atom. The van der Waals surface area contributed by atoms with E-state index in [2.05, 4.69) is 26.8 Å². The quantitative estimate of drug-likeness (QED) is 0.409. The zero-order chi connectivity index (χ0) is 14.8. The largest absolute Gasteiger partial charge is 0.435 e. The molecule has 0 aromatic heterocycles. The van der Waals surface area contributed by atoms with E-state index in [0.717, 1.165) is 18.4 Å². The summed E-state index contributed by atoms with van der Waals surface area (Å²) in [6, 6.07) is 9.61. The lowest BCUT2D eigenvalue weighted by Gasteiger charge is -2.01. The van der Waals surface area contributed by atoms with Gasteiger partial charge in [0, 0.05) is 0 Å². The van der Waals surface area contributed by atoms with E-state index in [0.29, 0.717) is 12.3 Å². The lowest BCUT2D eigenvalue weighted by molar-refractivity contribution is -0.137. The third-order valence-electron chi connectivity index (χ3n) is 2.86. The van der Waals surface area contributed by atoms with Crippen LogP contribution in [-0.2, 0) is 16.0 Å². The molecular formula is C18H24O2. The van der Waals surface area contributed by atoms with E-state index in [9.17, 15) is 4.79 Å². The Morgan fingerprint density at radius 2 is 1.95 bits per heavy atom. The van der Waals surface area contributed by atoms with Crippen LogP contribution >= 0.6 is 0 Å². The van der Waals surface area contributed by atoms with Crippen LogP contribution < -0.4 is 0 Å². The van der Waals surface area contributed by atoms with Gasteiger partial charge in [0.15, 0.2) is 0 Å². The second-order valence-electron chi connectivity index (χ2n) is 5.41. The highest BCUT2D eigenvalue weighted by Gasteiger charge is 2.01. The van der Waals surface area contributed by atoms with E-state index in [1.54, 1.807) is 0 Å². The number of ether oxygens (including phenoxy) is 1. The van der Waals surface area contributed by atoms with E-state index >= 15 is 0 Å². The minimum atomic E-state index is -0.226. The molecular weight excluding hydrogens is 248 g/mol. The molecule has 2 heteroatoms. The Bertz CT molecular complexity index is 456. The Balaban J connectivity index is 2.27. The third kappa shape index (κ3) is 7.57. The third-order valence-corrected chi connectivity index (χ3v) is 2.86. The van der Waals surface area contributed by atoms with Crippen molar-refractivity contribution in [2.24, 2.45) is 5.92 Å². The predicted octanol–water partition coefficient (Wildman–Crippen LogP) is 4.67. The zero-order valence-electron chi connectivity index (χ0n) is 12.6. The summed E-state index contributed by atoms with van der Waals surface area (Å²) >= 11 is 0. The van der Waals surface area contributed by atoms with Gasteiger partial charge in [-0.1, -0.05) is 55.8 Å². The first-order valence-corrected chi connectivity index (χ1v) is 7.12. The minimum Gasteiger partial charge on any atom is -0.435 e. The van der Waals surface area contributed by atoms with Crippen molar-refractivity contribution in [3.63, 3.8) is 0 Å². The summed E-state index contributed by atoms with van der Waals surface area (Å²) in [6.45, 7) is 6.49. The van der Waals surface area contributed by atoms with E-state index in [4.69, 9.17) is 4.74 Å². The van der Waals surface area contributed by atoms with Crippen molar-refractivity contribution in [2.45, 2.75) is 40.0 Å². The monoisotopic (exact) mass is 272 g/mol. The van der Waals surface area contributed by atoms with Gasteiger partial charge < -0.3 is 4.74 Å². The number of rotatable bonds is 7. The van der Waals surface area contributed by atoms with Crippen molar-refractivity contribution in [3.8, 4) is 0 Å². The van der Waals surface area contributed by atoms with Gasteiger partial charge in [0.2, 0.25) is 0 Å². The minimum absolute atomic E-state index is 0.226. The first-order chi connectivity index (χ1) is 9.58. The summed E-state index contributed by atoms with van der Waals surface area (Å²) < 4.78 is 5.08. The summed E-state index contributed by atoms with van der Waals surface area (Å²) in [5, 5.41) is 0. The first-order valence-electron chi connectivity index (χ1n) is 7.12. The van der Waals surface area contributed by atoms with Crippen LogP contribution in [0.4, 0.5) is 0 Å². The standard InChI is InChI=1S/C18H24O2/c1-15(2)11-12-16(3)8-7-13-20-18(19)14-17-9-5-4-6-10-17/h4-7,9-10,12-13,15H,8,11,14H2,1-3H3/b13-7+,16-12+. The zero-order valence-corrected chi connectivity index (χ0v) is 12.6. The van der Waals surface area contributed by atoms with Crippen LogP contribution in [0.5, 0.6) is 0 Å². The lowest BCUT2D eigenvalue weighted by Crippen LogP contribution is -2.03. The maximum atomic E-state index is 11.6. The van der Waals surface area contributed by atoms with Crippen molar-refractivity contribution in [3.05, 3.63) is 59.9 Å². The van der Waals surface area contributed by atoms with Gasteiger partial charge >= 0.3 is 5.97 Å². The van der Waals surface area contributed by atoms with Crippen LogP contribution in [-0.4, -0.2) is 5.97 Å². The summed E-state index contributed by atoms with van der Waals surface area (Å²) in [5.41, 5.74) is 2.27. The molecule has 0 saturated heterocycles. The first kappa shape index (κ1) is 16.2. The van der Waals surface area contributed by atoms with Crippen LogP contribution in [0.25, 0.3) is 0 Å². The van der Waals surface area contributed by atoms with Crippen LogP contribution in [0.15, 0.2) is 54.3 Å². The molecule has 0 fully saturated rings. The summed E-state index contributed by atoms with van der Waals surface area (Å²) in [6.07, 6.45) is 7.85. The molecule has 0 radical (unpaired) electrons. The molecule has 0 aliphatic carbocycles. The number of carbonyl (C=O) groups is 1. The van der Waals surface area contributed by atoms with Gasteiger partial charge in [0.1, 0.15) is 0 Å². The highest BCUT2D eigenvalue weighted by Crippen LogP contribution is 2.08. The Labute approximate surface area is 122 Å². The normalized spacial score (nSPS) is 12.1. The molecule has 0 aliphatic heterocycles. The Morgan fingerprint density at radius 3 is 2.60 bits per heavy atom. The lowest BCUT2D eigenvalue weighted by atomic mass is 10.1. The van der Waals surface area contributed by atoms with Crippen molar-refractivity contribution in [1.29, 1.82) is 0 Å². The highest BCUT2D eigenvalue weighted by atomic mass is 16.5. The van der Waals surface area contributed by atoms with Gasteiger partial charge in [-0.2, -0.15) is 0 Å². The smallest absolute Gasteiger partial charge is 0.315 e. The number of carbonyl (C=O) groups excluding carboxylic acids is 1. The van der Waals surface area contributed by atoms with Gasteiger partial charge in [-0.15, -0.1) is 0 Å². The molecule has 0 saturated carbocycles. The summed E-state index contributed by atoms with van der Waals surface area (Å²) in [4.78, 5) is 11.6.